The van der Waals surface area contributed by atoms with E-state index >= 15 is 0 Å². The number of carbonyl (C=O) groups excluding carboxylic acids is 1. The second kappa shape index (κ2) is 9.83. The molecule has 0 fully saturated rings. The van der Waals surface area contributed by atoms with Crippen LogP contribution in [0.3, 0.4) is 0 Å². The Balaban J connectivity index is 1.43. The van der Waals surface area contributed by atoms with Crippen LogP contribution in [0.25, 0.3) is 0 Å². The first-order valence-electron chi connectivity index (χ1n) is 8.96. The highest BCUT2D eigenvalue weighted by molar-refractivity contribution is 7.99. The number of amides is 1. The maximum atomic E-state index is 12.3. The van der Waals surface area contributed by atoms with Crippen molar-refractivity contribution in [1.82, 2.24) is 5.32 Å². The molecule has 0 aromatic heterocycles. The fourth-order valence-corrected chi connectivity index (χ4v) is 3.38. The minimum absolute atomic E-state index is 0.0792. The van der Waals surface area contributed by atoms with Crippen LogP contribution in [0.1, 0.15) is 21.5 Å². The summed E-state index contributed by atoms with van der Waals surface area (Å²) in [7, 11) is 0. The molecule has 3 aromatic rings. The zero-order chi connectivity index (χ0) is 18.9. The molecule has 0 saturated heterocycles. The van der Waals surface area contributed by atoms with Crippen LogP contribution in [-0.4, -0.2) is 18.3 Å². The predicted molar refractivity (Wildman–Crippen MR) is 111 cm³/mol. The van der Waals surface area contributed by atoms with Crippen molar-refractivity contribution < 1.29 is 9.53 Å². The summed E-state index contributed by atoms with van der Waals surface area (Å²) in [6.07, 6.45) is 0. The highest BCUT2D eigenvalue weighted by Gasteiger charge is 2.06. The largest absolute Gasteiger partial charge is 0.493 e. The molecular formula is C23H23NO2S. The fraction of sp³-hybridized carbons (Fsp3) is 0.174. The number of ether oxygens (including phenoxy) is 1. The predicted octanol–water partition coefficient (Wildman–Crippen LogP) is 5.10. The van der Waals surface area contributed by atoms with E-state index in [4.69, 9.17) is 4.74 Å². The van der Waals surface area contributed by atoms with E-state index in [1.54, 1.807) is 23.9 Å². The zero-order valence-corrected chi connectivity index (χ0v) is 16.2. The van der Waals surface area contributed by atoms with Crippen LogP contribution < -0.4 is 10.1 Å². The summed E-state index contributed by atoms with van der Waals surface area (Å²) >= 11 is 1.76. The Morgan fingerprint density at radius 1 is 0.926 bits per heavy atom. The van der Waals surface area contributed by atoms with Gasteiger partial charge in [0.1, 0.15) is 5.75 Å². The van der Waals surface area contributed by atoms with Gasteiger partial charge in [0, 0.05) is 22.8 Å². The third-order valence-electron chi connectivity index (χ3n) is 4.18. The molecule has 0 atom stereocenters. The third kappa shape index (κ3) is 5.90. The fourth-order valence-electron chi connectivity index (χ4n) is 2.62. The SMILES string of the molecule is Cc1ccccc1CNC(=O)c1ccc(OCCSc2ccccc2)cc1. The van der Waals surface area contributed by atoms with Crippen molar-refractivity contribution in [2.24, 2.45) is 0 Å². The highest BCUT2D eigenvalue weighted by Crippen LogP contribution is 2.18. The molecule has 1 N–H and O–H groups in total. The number of carbonyl (C=O) groups is 1. The topological polar surface area (TPSA) is 38.3 Å². The molecule has 27 heavy (non-hydrogen) atoms. The molecular weight excluding hydrogens is 354 g/mol. The number of rotatable bonds is 8. The van der Waals surface area contributed by atoms with Crippen molar-refractivity contribution >= 4 is 17.7 Å². The van der Waals surface area contributed by atoms with Gasteiger partial charge in [0.15, 0.2) is 0 Å². The van der Waals surface area contributed by atoms with Crippen molar-refractivity contribution in [3.8, 4) is 5.75 Å². The van der Waals surface area contributed by atoms with Crippen LogP contribution >= 0.6 is 11.8 Å². The quantitative estimate of drug-likeness (QED) is 0.439. The van der Waals surface area contributed by atoms with Crippen molar-refractivity contribution in [1.29, 1.82) is 0 Å². The maximum Gasteiger partial charge on any atom is 0.251 e. The summed E-state index contributed by atoms with van der Waals surface area (Å²) in [5.74, 6) is 1.58. The second-order valence-corrected chi connectivity index (χ2v) is 7.31. The van der Waals surface area contributed by atoms with E-state index in [1.807, 2.05) is 61.5 Å². The van der Waals surface area contributed by atoms with Crippen molar-refractivity contribution in [3.05, 3.63) is 95.6 Å². The summed E-state index contributed by atoms with van der Waals surface area (Å²) in [5.41, 5.74) is 2.94. The van der Waals surface area contributed by atoms with E-state index in [-0.39, 0.29) is 5.91 Å². The van der Waals surface area contributed by atoms with Gasteiger partial charge in [0.05, 0.1) is 6.61 Å². The lowest BCUT2D eigenvalue weighted by Crippen LogP contribution is -2.23. The highest BCUT2D eigenvalue weighted by atomic mass is 32.2. The summed E-state index contributed by atoms with van der Waals surface area (Å²) < 4.78 is 5.75. The van der Waals surface area contributed by atoms with Crippen LogP contribution in [0.15, 0.2) is 83.8 Å². The average Bonchev–Trinajstić information content (AvgIpc) is 2.72. The zero-order valence-electron chi connectivity index (χ0n) is 15.4. The summed E-state index contributed by atoms with van der Waals surface area (Å²) in [4.78, 5) is 13.5. The first-order chi connectivity index (χ1) is 13.2. The minimum atomic E-state index is -0.0792. The molecule has 0 heterocycles. The van der Waals surface area contributed by atoms with Gasteiger partial charge in [-0.1, -0.05) is 42.5 Å². The Hall–Kier alpha value is -2.72. The molecule has 0 radical (unpaired) electrons. The normalized spacial score (nSPS) is 10.4. The van der Waals surface area contributed by atoms with Gasteiger partial charge in [0.2, 0.25) is 0 Å². The number of hydrogen-bond acceptors (Lipinski definition) is 3. The number of thioether (sulfide) groups is 1. The van der Waals surface area contributed by atoms with E-state index in [9.17, 15) is 4.79 Å². The maximum absolute atomic E-state index is 12.3. The standard InChI is InChI=1S/C23H23NO2S/c1-18-7-5-6-8-20(18)17-24-23(25)19-11-13-21(14-12-19)26-15-16-27-22-9-3-2-4-10-22/h2-14H,15-17H2,1H3,(H,24,25). The van der Waals surface area contributed by atoms with Crippen LogP contribution in [0, 0.1) is 6.92 Å². The van der Waals surface area contributed by atoms with Gasteiger partial charge in [-0.25, -0.2) is 0 Å². The first kappa shape index (κ1) is 19.1. The van der Waals surface area contributed by atoms with E-state index in [0.29, 0.717) is 18.7 Å². The van der Waals surface area contributed by atoms with Gasteiger partial charge < -0.3 is 10.1 Å². The molecule has 0 aliphatic rings. The monoisotopic (exact) mass is 377 g/mol. The smallest absolute Gasteiger partial charge is 0.251 e. The Morgan fingerprint density at radius 3 is 2.37 bits per heavy atom. The lowest BCUT2D eigenvalue weighted by Gasteiger charge is -2.09. The molecule has 3 nitrogen and oxygen atoms in total. The molecule has 0 aliphatic heterocycles. The van der Waals surface area contributed by atoms with Crippen molar-refractivity contribution in [3.63, 3.8) is 0 Å². The Morgan fingerprint density at radius 2 is 1.63 bits per heavy atom. The van der Waals surface area contributed by atoms with E-state index in [2.05, 4.69) is 17.4 Å². The number of aryl methyl sites for hydroxylation is 1. The van der Waals surface area contributed by atoms with E-state index in [0.717, 1.165) is 17.1 Å². The van der Waals surface area contributed by atoms with Gasteiger partial charge in [-0.05, 0) is 54.4 Å². The van der Waals surface area contributed by atoms with E-state index < -0.39 is 0 Å². The van der Waals surface area contributed by atoms with Crippen LogP contribution in [0.4, 0.5) is 0 Å². The molecule has 0 unspecified atom stereocenters. The number of nitrogens with one attached hydrogen (secondary N) is 1. The Labute approximate surface area is 164 Å². The molecule has 138 valence electrons. The second-order valence-electron chi connectivity index (χ2n) is 6.14. The molecule has 0 saturated carbocycles. The molecule has 0 aliphatic carbocycles. The van der Waals surface area contributed by atoms with Gasteiger partial charge in [-0.2, -0.15) is 0 Å². The molecule has 3 rings (SSSR count). The lowest BCUT2D eigenvalue weighted by atomic mass is 10.1. The third-order valence-corrected chi connectivity index (χ3v) is 5.16. The first-order valence-corrected chi connectivity index (χ1v) is 9.94. The van der Waals surface area contributed by atoms with Crippen molar-refractivity contribution in [2.45, 2.75) is 18.4 Å². The van der Waals surface area contributed by atoms with Gasteiger partial charge >= 0.3 is 0 Å². The minimum Gasteiger partial charge on any atom is -0.493 e. The van der Waals surface area contributed by atoms with Gasteiger partial charge in [-0.15, -0.1) is 11.8 Å². The van der Waals surface area contributed by atoms with Gasteiger partial charge in [-0.3, -0.25) is 4.79 Å². The average molecular weight is 378 g/mol. The molecule has 0 spiro atoms. The van der Waals surface area contributed by atoms with Crippen LogP contribution in [-0.2, 0) is 6.54 Å². The Bertz CT molecular complexity index is 863. The van der Waals surface area contributed by atoms with Crippen LogP contribution in [0.2, 0.25) is 0 Å². The summed E-state index contributed by atoms with van der Waals surface area (Å²) in [6.45, 7) is 3.20. The molecule has 1 amide bonds. The number of hydrogen-bond donors (Lipinski definition) is 1. The molecule has 3 aromatic carbocycles. The molecule has 4 heteroatoms. The van der Waals surface area contributed by atoms with E-state index in [1.165, 1.54) is 10.5 Å². The Kier molecular flexibility index (Phi) is 6.94. The summed E-state index contributed by atoms with van der Waals surface area (Å²) in [6, 6.07) is 25.6. The van der Waals surface area contributed by atoms with Crippen LogP contribution in [0.5, 0.6) is 5.75 Å². The van der Waals surface area contributed by atoms with Crippen molar-refractivity contribution in [2.75, 3.05) is 12.4 Å². The summed E-state index contributed by atoms with van der Waals surface area (Å²) in [5, 5.41) is 2.96. The molecule has 0 bridgehead atoms. The lowest BCUT2D eigenvalue weighted by molar-refractivity contribution is 0.0951. The van der Waals surface area contributed by atoms with Gasteiger partial charge in [0.25, 0.3) is 5.91 Å². The number of benzene rings is 3.